The zero-order valence-corrected chi connectivity index (χ0v) is 21.2. The lowest BCUT2D eigenvalue weighted by molar-refractivity contribution is -0.126. The Bertz CT molecular complexity index is 756. The molecule has 0 spiro atoms. The van der Waals surface area contributed by atoms with Gasteiger partial charge in [-0.15, -0.1) is 0 Å². The van der Waals surface area contributed by atoms with Gasteiger partial charge in [-0.1, -0.05) is 99.9 Å². The number of amides is 2. The van der Waals surface area contributed by atoms with Crippen molar-refractivity contribution in [2.75, 3.05) is 0 Å². The first-order chi connectivity index (χ1) is 14.0. The third-order valence-corrected chi connectivity index (χ3v) is 10.6. The Kier molecular flexibility index (Phi) is 8.20. The van der Waals surface area contributed by atoms with Gasteiger partial charge in [0.2, 0.25) is 11.8 Å². The standard InChI is InChI=1S/C24H36N2O2Si2/c1-29(2,3)21(23(27)25-17-19-13-9-7-10-14-19)22(30(4,5)6)24(28)26-18-20-15-11-8-12-16-20/h7-16,21-22H,17-18H2,1-6H3,(H,25,27)(H,26,28). The Balaban J connectivity index is 2.22. The summed E-state index contributed by atoms with van der Waals surface area (Å²) in [6.07, 6.45) is 0. The molecule has 4 nitrogen and oxygen atoms in total. The predicted octanol–water partition coefficient (Wildman–Crippen LogP) is 5.04. The van der Waals surface area contributed by atoms with Crippen molar-refractivity contribution in [3.63, 3.8) is 0 Å². The molecule has 0 saturated carbocycles. The summed E-state index contributed by atoms with van der Waals surface area (Å²) in [4.78, 5) is 26.8. The van der Waals surface area contributed by atoms with Crippen molar-refractivity contribution in [3.05, 3.63) is 71.8 Å². The molecule has 30 heavy (non-hydrogen) atoms. The van der Waals surface area contributed by atoms with Gasteiger partial charge in [0.05, 0.1) is 16.1 Å². The van der Waals surface area contributed by atoms with E-state index < -0.39 is 16.1 Å². The molecule has 0 aliphatic carbocycles. The van der Waals surface area contributed by atoms with Crippen molar-refractivity contribution < 1.29 is 9.59 Å². The molecule has 0 aliphatic rings. The second-order valence-electron chi connectivity index (χ2n) is 10.1. The fourth-order valence-corrected chi connectivity index (χ4v) is 11.0. The summed E-state index contributed by atoms with van der Waals surface area (Å²) in [6.45, 7) is 14.1. The van der Waals surface area contributed by atoms with E-state index in [2.05, 4.69) is 49.9 Å². The lowest BCUT2D eigenvalue weighted by atomic mass is 10.2. The van der Waals surface area contributed by atoms with E-state index >= 15 is 0 Å². The quantitative estimate of drug-likeness (QED) is 0.537. The van der Waals surface area contributed by atoms with Crippen LogP contribution in [-0.2, 0) is 22.7 Å². The smallest absolute Gasteiger partial charge is 0.221 e. The first-order valence-corrected chi connectivity index (χ1v) is 17.8. The molecule has 0 aromatic heterocycles. The minimum Gasteiger partial charge on any atom is -0.352 e. The van der Waals surface area contributed by atoms with Crippen molar-refractivity contribution in [1.29, 1.82) is 0 Å². The fourth-order valence-electron chi connectivity index (χ4n) is 3.88. The fraction of sp³-hybridized carbons (Fsp3) is 0.417. The average molecular weight is 441 g/mol. The first-order valence-electron chi connectivity index (χ1n) is 10.6. The van der Waals surface area contributed by atoms with Crippen LogP contribution in [0.2, 0.25) is 50.4 Å². The minimum absolute atomic E-state index is 0.0142. The highest BCUT2D eigenvalue weighted by molar-refractivity contribution is 6.87. The predicted molar refractivity (Wildman–Crippen MR) is 131 cm³/mol. The molecule has 0 fully saturated rings. The van der Waals surface area contributed by atoms with E-state index in [1.54, 1.807) is 0 Å². The van der Waals surface area contributed by atoms with E-state index in [4.69, 9.17) is 0 Å². The van der Waals surface area contributed by atoms with Gasteiger partial charge >= 0.3 is 0 Å². The van der Waals surface area contributed by atoms with Gasteiger partial charge in [0, 0.05) is 24.2 Å². The second-order valence-corrected chi connectivity index (χ2v) is 20.8. The highest BCUT2D eigenvalue weighted by Crippen LogP contribution is 2.41. The van der Waals surface area contributed by atoms with E-state index in [-0.39, 0.29) is 22.9 Å². The summed E-state index contributed by atoms with van der Waals surface area (Å²) in [5, 5.41) is 6.25. The summed E-state index contributed by atoms with van der Waals surface area (Å²) >= 11 is 0. The maximum Gasteiger partial charge on any atom is 0.221 e. The highest BCUT2D eigenvalue weighted by atomic mass is 28.3. The van der Waals surface area contributed by atoms with Gasteiger partial charge in [-0.2, -0.15) is 0 Å². The zero-order valence-electron chi connectivity index (χ0n) is 19.2. The average Bonchev–Trinajstić information content (AvgIpc) is 2.68. The van der Waals surface area contributed by atoms with Crippen LogP contribution in [0.5, 0.6) is 0 Å². The highest BCUT2D eigenvalue weighted by Gasteiger charge is 2.48. The topological polar surface area (TPSA) is 58.2 Å². The van der Waals surface area contributed by atoms with E-state index in [1.165, 1.54) is 0 Å². The number of hydrogen-bond acceptors (Lipinski definition) is 2. The summed E-state index contributed by atoms with van der Waals surface area (Å²) in [7, 11) is -3.94. The SMILES string of the molecule is C[Si](C)(C)C(C(=O)NCc1ccccc1)C(C(=O)NCc1ccccc1)[Si](C)(C)C. The van der Waals surface area contributed by atoms with Crippen LogP contribution in [0.15, 0.2) is 60.7 Å². The van der Waals surface area contributed by atoms with Crippen LogP contribution in [0.1, 0.15) is 11.1 Å². The first kappa shape index (κ1) is 24.1. The number of hydrogen-bond donors (Lipinski definition) is 2. The van der Waals surface area contributed by atoms with Gasteiger partial charge in [-0.25, -0.2) is 0 Å². The molecule has 2 aromatic carbocycles. The maximum atomic E-state index is 13.4. The van der Waals surface area contributed by atoms with Crippen LogP contribution in [0, 0.1) is 0 Å². The van der Waals surface area contributed by atoms with Crippen LogP contribution in [0.3, 0.4) is 0 Å². The minimum atomic E-state index is -1.97. The van der Waals surface area contributed by atoms with Crippen molar-refractivity contribution in [1.82, 2.24) is 10.6 Å². The molecule has 2 atom stereocenters. The molecule has 0 saturated heterocycles. The lowest BCUT2D eigenvalue weighted by Gasteiger charge is -2.40. The van der Waals surface area contributed by atoms with Gasteiger partial charge in [-0.3, -0.25) is 9.59 Å². The molecule has 2 N–H and O–H groups in total. The van der Waals surface area contributed by atoms with Crippen molar-refractivity contribution in [2.24, 2.45) is 0 Å². The van der Waals surface area contributed by atoms with Crippen LogP contribution in [0.4, 0.5) is 0 Å². The Morgan fingerprint density at radius 1 is 0.633 bits per heavy atom. The van der Waals surface area contributed by atoms with E-state index in [0.717, 1.165) is 11.1 Å². The lowest BCUT2D eigenvalue weighted by Crippen LogP contribution is -2.52. The third kappa shape index (κ3) is 6.95. The molecule has 2 aromatic rings. The molecule has 2 rings (SSSR count). The zero-order chi connectivity index (χ0) is 22.4. The van der Waals surface area contributed by atoms with Gasteiger partial charge in [0.15, 0.2) is 0 Å². The van der Waals surface area contributed by atoms with Crippen LogP contribution < -0.4 is 10.6 Å². The Hall–Kier alpha value is -2.19. The third-order valence-electron chi connectivity index (χ3n) is 5.38. The van der Waals surface area contributed by atoms with Gasteiger partial charge in [0.1, 0.15) is 0 Å². The summed E-state index contributed by atoms with van der Waals surface area (Å²) in [5.41, 5.74) is 1.61. The van der Waals surface area contributed by atoms with Gasteiger partial charge in [0.25, 0.3) is 0 Å². The second kappa shape index (κ2) is 10.2. The molecular formula is C24H36N2O2Si2. The van der Waals surface area contributed by atoms with E-state index in [9.17, 15) is 9.59 Å². The van der Waals surface area contributed by atoms with Crippen molar-refractivity contribution in [3.8, 4) is 0 Å². The van der Waals surface area contributed by atoms with Gasteiger partial charge in [-0.05, 0) is 11.1 Å². The maximum absolute atomic E-state index is 13.4. The number of rotatable bonds is 9. The molecule has 6 heteroatoms. The molecule has 0 aliphatic heterocycles. The largest absolute Gasteiger partial charge is 0.352 e. The Morgan fingerprint density at radius 3 is 1.20 bits per heavy atom. The normalized spacial score (nSPS) is 13.9. The summed E-state index contributed by atoms with van der Waals surface area (Å²) in [5.74, 6) is 0.0283. The van der Waals surface area contributed by atoms with Crippen LogP contribution >= 0.6 is 0 Å². The van der Waals surface area contributed by atoms with E-state index in [0.29, 0.717) is 13.1 Å². The van der Waals surface area contributed by atoms with Crippen molar-refractivity contribution in [2.45, 2.75) is 63.5 Å². The molecule has 0 radical (unpaired) electrons. The Labute approximate surface area is 183 Å². The number of nitrogens with one attached hydrogen (secondary N) is 2. The molecule has 2 amide bonds. The van der Waals surface area contributed by atoms with E-state index in [1.807, 2.05) is 60.7 Å². The summed E-state index contributed by atoms with van der Waals surface area (Å²) < 4.78 is 0. The number of benzene rings is 2. The monoisotopic (exact) mass is 440 g/mol. The van der Waals surface area contributed by atoms with Crippen LogP contribution in [0.25, 0.3) is 0 Å². The molecular weight excluding hydrogens is 404 g/mol. The number of carbonyl (C=O) groups is 2. The van der Waals surface area contributed by atoms with Gasteiger partial charge < -0.3 is 10.6 Å². The molecule has 0 bridgehead atoms. The molecule has 0 heterocycles. The number of carbonyl (C=O) groups excluding carboxylic acids is 2. The van der Waals surface area contributed by atoms with Crippen molar-refractivity contribution >= 4 is 28.0 Å². The van der Waals surface area contributed by atoms with Crippen LogP contribution in [-0.4, -0.2) is 28.0 Å². The molecule has 162 valence electrons. The Morgan fingerprint density at radius 2 is 0.933 bits per heavy atom. The summed E-state index contributed by atoms with van der Waals surface area (Å²) in [6, 6.07) is 19.8. The molecule has 2 unspecified atom stereocenters.